The Morgan fingerprint density at radius 1 is 1.17 bits per heavy atom. The highest BCUT2D eigenvalue weighted by Crippen LogP contribution is 2.27. The fourth-order valence-corrected chi connectivity index (χ4v) is 3.72. The van der Waals surface area contributed by atoms with E-state index in [1.54, 1.807) is 31.4 Å². The van der Waals surface area contributed by atoms with E-state index in [-0.39, 0.29) is 10.3 Å². The maximum absolute atomic E-state index is 12.4. The Hall–Kier alpha value is -1.15. The molecule has 1 fully saturated rings. The van der Waals surface area contributed by atoms with Gasteiger partial charge in [0, 0.05) is 13.7 Å². The van der Waals surface area contributed by atoms with Gasteiger partial charge >= 0.3 is 0 Å². The summed E-state index contributed by atoms with van der Waals surface area (Å²) in [6.07, 6.45) is 1.95. The summed E-state index contributed by atoms with van der Waals surface area (Å²) in [6.45, 7) is 5.39. The number of hydrogen-bond acceptors (Lipinski definition) is 5. The molecule has 0 saturated carbocycles. The molecule has 1 aromatic rings. The van der Waals surface area contributed by atoms with Gasteiger partial charge in [0.2, 0.25) is 10.0 Å². The van der Waals surface area contributed by atoms with Gasteiger partial charge in [0.15, 0.2) is 0 Å². The van der Waals surface area contributed by atoms with E-state index in [0.29, 0.717) is 25.5 Å². The fraction of sp³-hybridized carbons (Fsp3) is 0.625. The minimum Gasteiger partial charge on any atom is -0.491 e. The summed E-state index contributed by atoms with van der Waals surface area (Å²) in [7, 11) is -1.89. The quantitative estimate of drug-likeness (QED) is 0.698. The molecule has 130 valence electrons. The first-order chi connectivity index (χ1) is 11.0. The highest BCUT2D eigenvalue weighted by Gasteiger charge is 2.28. The van der Waals surface area contributed by atoms with Crippen LogP contribution in [0.15, 0.2) is 29.2 Å². The van der Waals surface area contributed by atoms with Crippen LogP contribution in [0, 0.1) is 5.41 Å². The Balaban J connectivity index is 1.93. The van der Waals surface area contributed by atoms with Crippen molar-refractivity contribution in [2.24, 2.45) is 5.41 Å². The zero-order valence-corrected chi connectivity index (χ0v) is 14.6. The second-order valence-corrected chi connectivity index (χ2v) is 7.96. The summed E-state index contributed by atoms with van der Waals surface area (Å²) in [5.74, 6) is 0.631. The zero-order valence-electron chi connectivity index (χ0n) is 13.8. The van der Waals surface area contributed by atoms with Gasteiger partial charge in [-0.3, -0.25) is 0 Å². The van der Waals surface area contributed by atoms with E-state index in [1.165, 1.54) is 0 Å². The van der Waals surface area contributed by atoms with E-state index >= 15 is 0 Å². The van der Waals surface area contributed by atoms with E-state index in [9.17, 15) is 8.42 Å². The van der Waals surface area contributed by atoms with Crippen LogP contribution in [0.3, 0.4) is 0 Å². The topological polar surface area (TPSA) is 76.7 Å². The highest BCUT2D eigenvalue weighted by atomic mass is 32.2. The predicted molar refractivity (Wildman–Crippen MR) is 89.2 cm³/mol. The van der Waals surface area contributed by atoms with Gasteiger partial charge in [0.05, 0.1) is 11.5 Å². The van der Waals surface area contributed by atoms with Gasteiger partial charge < -0.3 is 14.8 Å². The first-order valence-electron chi connectivity index (χ1n) is 7.87. The number of hydrogen-bond donors (Lipinski definition) is 2. The molecule has 0 amide bonds. The van der Waals surface area contributed by atoms with Crippen LogP contribution in [0.25, 0.3) is 0 Å². The van der Waals surface area contributed by atoms with Crippen LogP contribution in [-0.2, 0) is 14.8 Å². The van der Waals surface area contributed by atoms with Crippen molar-refractivity contribution in [2.75, 3.05) is 40.0 Å². The Bertz CT molecular complexity index is 581. The first kappa shape index (κ1) is 18.2. The molecule has 0 aromatic heterocycles. The molecule has 1 heterocycles. The second kappa shape index (κ2) is 8.10. The van der Waals surface area contributed by atoms with E-state index in [1.807, 2.05) is 0 Å². The van der Waals surface area contributed by atoms with E-state index in [4.69, 9.17) is 9.47 Å². The Morgan fingerprint density at radius 2 is 1.83 bits per heavy atom. The van der Waals surface area contributed by atoms with Gasteiger partial charge in [-0.05, 0) is 55.6 Å². The minimum atomic E-state index is -3.49. The molecule has 2 N–H and O–H groups in total. The second-order valence-electron chi connectivity index (χ2n) is 6.20. The lowest BCUT2D eigenvalue weighted by atomic mass is 9.81. The summed E-state index contributed by atoms with van der Waals surface area (Å²) in [5.41, 5.74) is 0.0154. The van der Waals surface area contributed by atoms with Crippen LogP contribution in [0.5, 0.6) is 5.75 Å². The largest absolute Gasteiger partial charge is 0.491 e. The molecule has 2 rings (SSSR count). The van der Waals surface area contributed by atoms with E-state index in [0.717, 1.165) is 25.9 Å². The lowest BCUT2D eigenvalue weighted by molar-refractivity contribution is 0.146. The standard InChI is InChI=1S/C16H26N2O4S/c1-16(7-9-17-10-8-16)13-18-23(19,20)15-5-3-14(4-6-15)22-12-11-21-2/h3-6,17-18H,7-13H2,1-2H3. The normalized spacial score (nSPS) is 17.8. The number of nitrogens with one attached hydrogen (secondary N) is 2. The van der Waals surface area contributed by atoms with Gasteiger partial charge in [0.25, 0.3) is 0 Å². The molecule has 0 bridgehead atoms. The maximum atomic E-state index is 12.4. The summed E-state index contributed by atoms with van der Waals surface area (Å²) in [5, 5.41) is 3.30. The van der Waals surface area contributed by atoms with Crippen molar-refractivity contribution in [1.29, 1.82) is 0 Å². The van der Waals surface area contributed by atoms with Crippen LogP contribution in [-0.4, -0.2) is 48.4 Å². The predicted octanol–water partition coefficient (Wildman–Crippen LogP) is 1.38. The lowest BCUT2D eigenvalue weighted by Crippen LogP contribution is -2.42. The van der Waals surface area contributed by atoms with Gasteiger partial charge in [0.1, 0.15) is 12.4 Å². The molecular formula is C16H26N2O4S. The van der Waals surface area contributed by atoms with Crippen LogP contribution in [0.2, 0.25) is 0 Å². The number of methoxy groups -OCH3 is 1. The third-order valence-corrected chi connectivity index (χ3v) is 5.61. The zero-order chi connectivity index (χ0) is 16.8. The third kappa shape index (κ3) is 5.46. The lowest BCUT2D eigenvalue weighted by Gasteiger charge is -2.34. The third-order valence-electron chi connectivity index (χ3n) is 4.19. The summed E-state index contributed by atoms with van der Waals surface area (Å²) >= 11 is 0. The molecule has 1 saturated heterocycles. The summed E-state index contributed by atoms with van der Waals surface area (Å²) < 4.78 is 37.9. The van der Waals surface area contributed by atoms with Crippen molar-refractivity contribution >= 4 is 10.0 Å². The Kier molecular flexibility index (Phi) is 6.41. The van der Waals surface area contributed by atoms with Crippen molar-refractivity contribution in [3.8, 4) is 5.75 Å². The molecule has 1 aliphatic rings. The number of sulfonamides is 1. The van der Waals surface area contributed by atoms with E-state index < -0.39 is 10.0 Å². The molecule has 23 heavy (non-hydrogen) atoms. The monoisotopic (exact) mass is 342 g/mol. The fourth-order valence-electron chi connectivity index (χ4n) is 2.52. The van der Waals surface area contributed by atoms with Crippen LogP contribution in [0.1, 0.15) is 19.8 Å². The average Bonchev–Trinajstić information content (AvgIpc) is 2.55. The first-order valence-corrected chi connectivity index (χ1v) is 9.36. The molecule has 0 radical (unpaired) electrons. The molecule has 1 aliphatic heterocycles. The van der Waals surface area contributed by atoms with Crippen molar-refractivity contribution in [3.05, 3.63) is 24.3 Å². The summed E-state index contributed by atoms with van der Waals surface area (Å²) in [4.78, 5) is 0.258. The van der Waals surface area contributed by atoms with Crippen molar-refractivity contribution in [1.82, 2.24) is 10.0 Å². The van der Waals surface area contributed by atoms with Gasteiger partial charge in [-0.2, -0.15) is 0 Å². The molecule has 1 aromatic carbocycles. The molecule has 7 heteroatoms. The van der Waals surface area contributed by atoms with Gasteiger partial charge in [-0.1, -0.05) is 6.92 Å². The smallest absolute Gasteiger partial charge is 0.240 e. The van der Waals surface area contributed by atoms with Crippen molar-refractivity contribution in [3.63, 3.8) is 0 Å². The van der Waals surface area contributed by atoms with Crippen LogP contribution >= 0.6 is 0 Å². The van der Waals surface area contributed by atoms with Gasteiger partial charge in [-0.15, -0.1) is 0 Å². The van der Waals surface area contributed by atoms with Crippen LogP contribution in [0.4, 0.5) is 0 Å². The molecule has 0 spiro atoms. The SMILES string of the molecule is COCCOc1ccc(S(=O)(=O)NCC2(C)CCNCC2)cc1. The number of rotatable bonds is 8. The molecule has 6 nitrogen and oxygen atoms in total. The summed E-state index contributed by atoms with van der Waals surface area (Å²) in [6, 6.07) is 6.46. The Morgan fingerprint density at radius 3 is 2.43 bits per heavy atom. The molecule has 0 atom stereocenters. The van der Waals surface area contributed by atoms with Crippen molar-refractivity contribution in [2.45, 2.75) is 24.7 Å². The van der Waals surface area contributed by atoms with Crippen molar-refractivity contribution < 1.29 is 17.9 Å². The van der Waals surface area contributed by atoms with Gasteiger partial charge in [-0.25, -0.2) is 13.1 Å². The number of benzene rings is 1. The minimum absolute atomic E-state index is 0.0154. The number of ether oxygens (including phenoxy) is 2. The Labute approximate surface area is 138 Å². The molecule has 0 aliphatic carbocycles. The maximum Gasteiger partial charge on any atom is 0.240 e. The highest BCUT2D eigenvalue weighted by molar-refractivity contribution is 7.89. The number of piperidine rings is 1. The van der Waals surface area contributed by atoms with Crippen LogP contribution < -0.4 is 14.8 Å². The van der Waals surface area contributed by atoms with E-state index in [2.05, 4.69) is 17.0 Å². The molecule has 0 unspecified atom stereocenters. The molecular weight excluding hydrogens is 316 g/mol. The average molecular weight is 342 g/mol.